The number of rotatable bonds is 2. The molecule has 2 fully saturated rings. The van der Waals surface area contributed by atoms with E-state index in [0.29, 0.717) is 17.9 Å². The normalized spacial score (nSPS) is 33.5. The summed E-state index contributed by atoms with van der Waals surface area (Å²) in [5, 5.41) is 6.41. The molecule has 0 spiro atoms. The monoisotopic (exact) mass is 194 g/mol. The van der Waals surface area contributed by atoms with Crippen LogP contribution in [0.25, 0.3) is 0 Å². The second-order valence-electron chi connectivity index (χ2n) is 4.61. The zero-order valence-corrected chi connectivity index (χ0v) is 9.05. The third-order valence-electron chi connectivity index (χ3n) is 3.48. The molecule has 0 radical (unpaired) electrons. The average Bonchev–Trinajstić information content (AvgIpc) is 2.63. The molecule has 0 aromatic heterocycles. The van der Waals surface area contributed by atoms with Crippen LogP contribution in [0, 0.1) is 11.8 Å². The lowest BCUT2D eigenvalue weighted by Crippen LogP contribution is -2.33. The van der Waals surface area contributed by atoms with Gasteiger partial charge in [-0.3, -0.25) is 4.79 Å². The summed E-state index contributed by atoms with van der Waals surface area (Å²) in [5.41, 5.74) is 1.97. The van der Waals surface area contributed by atoms with Gasteiger partial charge >= 0.3 is 0 Å². The second-order valence-corrected chi connectivity index (χ2v) is 4.61. The molecule has 2 aliphatic rings. The Balaban J connectivity index is 1.88. The van der Waals surface area contributed by atoms with Crippen LogP contribution < -0.4 is 10.6 Å². The van der Waals surface area contributed by atoms with Crippen molar-refractivity contribution in [3.05, 3.63) is 11.1 Å². The van der Waals surface area contributed by atoms with Gasteiger partial charge in [0.05, 0.1) is 0 Å². The number of carbonyl (C=O) groups is 1. The van der Waals surface area contributed by atoms with Gasteiger partial charge in [-0.05, 0) is 32.6 Å². The summed E-state index contributed by atoms with van der Waals surface area (Å²) in [7, 11) is 0. The minimum atomic E-state index is 0.115. The van der Waals surface area contributed by atoms with E-state index >= 15 is 0 Å². The van der Waals surface area contributed by atoms with Gasteiger partial charge < -0.3 is 10.6 Å². The van der Waals surface area contributed by atoms with Crippen molar-refractivity contribution in [3.8, 4) is 0 Å². The number of piperidine rings is 1. The Hall–Kier alpha value is -0.830. The predicted molar refractivity (Wildman–Crippen MR) is 55.8 cm³/mol. The van der Waals surface area contributed by atoms with E-state index in [9.17, 15) is 4.79 Å². The Morgan fingerprint density at radius 3 is 2.29 bits per heavy atom. The van der Waals surface area contributed by atoms with Crippen LogP contribution in [0.1, 0.15) is 20.8 Å². The summed E-state index contributed by atoms with van der Waals surface area (Å²) in [6, 6.07) is 0.443. The Morgan fingerprint density at radius 2 is 1.79 bits per heavy atom. The van der Waals surface area contributed by atoms with E-state index in [-0.39, 0.29) is 5.91 Å². The summed E-state index contributed by atoms with van der Waals surface area (Å²) >= 11 is 0. The molecule has 0 bridgehead atoms. The van der Waals surface area contributed by atoms with Gasteiger partial charge in [0.2, 0.25) is 5.91 Å². The van der Waals surface area contributed by atoms with Gasteiger partial charge in [0.25, 0.3) is 0 Å². The summed E-state index contributed by atoms with van der Waals surface area (Å²) in [4.78, 5) is 11.7. The number of hydrogen-bond acceptors (Lipinski definition) is 2. The maximum Gasteiger partial charge on any atom is 0.247 e. The largest absolute Gasteiger partial charge is 0.349 e. The van der Waals surface area contributed by atoms with Crippen molar-refractivity contribution in [1.82, 2.24) is 10.6 Å². The summed E-state index contributed by atoms with van der Waals surface area (Å²) < 4.78 is 0. The highest BCUT2D eigenvalue weighted by Crippen LogP contribution is 2.41. The number of fused-ring (bicyclic) bond motifs is 1. The van der Waals surface area contributed by atoms with E-state index in [4.69, 9.17) is 0 Å². The van der Waals surface area contributed by atoms with E-state index < -0.39 is 0 Å². The molecular weight excluding hydrogens is 176 g/mol. The van der Waals surface area contributed by atoms with E-state index in [0.717, 1.165) is 24.2 Å². The number of carbonyl (C=O) groups excluding carboxylic acids is 1. The number of allylic oxidation sites excluding steroid dienone is 1. The van der Waals surface area contributed by atoms with Crippen LogP contribution >= 0.6 is 0 Å². The first kappa shape index (κ1) is 9.71. The number of amides is 1. The zero-order valence-electron chi connectivity index (χ0n) is 9.05. The van der Waals surface area contributed by atoms with Gasteiger partial charge in [-0.15, -0.1) is 0 Å². The smallest absolute Gasteiger partial charge is 0.247 e. The maximum absolute atomic E-state index is 11.7. The van der Waals surface area contributed by atoms with Crippen molar-refractivity contribution in [2.45, 2.75) is 26.8 Å². The van der Waals surface area contributed by atoms with Crippen LogP contribution in [0.3, 0.4) is 0 Å². The van der Waals surface area contributed by atoms with Crippen molar-refractivity contribution in [2.24, 2.45) is 11.8 Å². The standard InChI is InChI=1S/C11H18N2O/c1-6(2)7(3)11(14)13-10-8-4-12-5-9(8)10/h8-10,12H,4-5H2,1-3H3,(H,13,14)/t8-,9+,10?. The van der Waals surface area contributed by atoms with Gasteiger partial charge in [-0.1, -0.05) is 5.57 Å². The van der Waals surface area contributed by atoms with Crippen molar-refractivity contribution < 1.29 is 4.79 Å². The molecule has 3 atom stereocenters. The molecule has 0 aromatic carbocycles. The average molecular weight is 194 g/mol. The Morgan fingerprint density at radius 1 is 1.21 bits per heavy atom. The minimum absolute atomic E-state index is 0.115. The molecule has 1 amide bonds. The first-order valence-corrected chi connectivity index (χ1v) is 5.27. The molecule has 3 heteroatoms. The van der Waals surface area contributed by atoms with E-state index in [1.54, 1.807) is 0 Å². The molecular formula is C11H18N2O. The number of hydrogen-bond donors (Lipinski definition) is 2. The summed E-state index contributed by atoms with van der Waals surface area (Å²) in [6.45, 7) is 7.99. The molecule has 1 unspecified atom stereocenters. The molecule has 1 heterocycles. The lowest BCUT2D eigenvalue weighted by atomic mass is 10.1. The zero-order chi connectivity index (χ0) is 10.3. The van der Waals surface area contributed by atoms with Gasteiger partial charge in [0.15, 0.2) is 0 Å². The quantitative estimate of drug-likeness (QED) is 0.635. The predicted octanol–water partition coefficient (Wildman–Crippen LogP) is 0.677. The Kier molecular flexibility index (Phi) is 2.35. The molecule has 78 valence electrons. The summed E-state index contributed by atoms with van der Waals surface area (Å²) in [6.07, 6.45) is 0. The van der Waals surface area contributed by atoms with Crippen molar-refractivity contribution in [1.29, 1.82) is 0 Å². The molecule has 3 nitrogen and oxygen atoms in total. The third kappa shape index (κ3) is 1.57. The first-order valence-electron chi connectivity index (χ1n) is 5.27. The van der Waals surface area contributed by atoms with Crippen LogP contribution in [-0.4, -0.2) is 25.0 Å². The van der Waals surface area contributed by atoms with Crippen LogP contribution in [0.2, 0.25) is 0 Å². The lowest BCUT2D eigenvalue weighted by molar-refractivity contribution is -0.117. The van der Waals surface area contributed by atoms with Crippen LogP contribution in [-0.2, 0) is 4.79 Å². The molecule has 14 heavy (non-hydrogen) atoms. The first-order chi connectivity index (χ1) is 6.61. The van der Waals surface area contributed by atoms with Gasteiger partial charge in [-0.2, -0.15) is 0 Å². The highest BCUT2D eigenvalue weighted by Gasteiger charge is 2.53. The highest BCUT2D eigenvalue weighted by molar-refractivity contribution is 5.93. The molecule has 1 aliphatic carbocycles. The van der Waals surface area contributed by atoms with Crippen LogP contribution in [0.15, 0.2) is 11.1 Å². The van der Waals surface area contributed by atoms with E-state index in [1.807, 2.05) is 20.8 Å². The molecule has 0 aromatic rings. The fraction of sp³-hybridized carbons (Fsp3) is 0.727. The second kappa shape index (κ2) is 3.39. The van der Waals surface area contributed by atoms with E-state index in [2.05, 4.69) is 10.6 Å². The highest BCUT2D eigenvalue weighted by atomic mass is 16.1. The SMILES string of the molecule is CC(C)=C(C)C(=O)NC1[C@H]2CNC[C@@H]12. The van der Waals surface area contributed by atoms with Gasteiger partial charge in [-0.25, -0.2) is 0 Å². The molecule has 1 saturated carbocycles. The molecule has 2 rings (SSSR count). The van der Waals surface area contributed by atoms with Crippen LogP contribution in [0.4, 0.5) is 0 Å². The topological polar surface area (TPSA) is 41.1 Å². The fourth-order valence-electron chi connectivity index (χ4n) is 2.12. The van der Waals surface area contributed by atoms with Crippen molar-refractivity contribution in [3.63, 3.8) is 0 Å². The molecule has 1 saturated heterocycles. The van der Waals surface area contributed by atoms with Crippen molar-refractivity contribution in [2.75, 3.05) is 13.1 Å². The summed E-state index contributed by atoms with van der Waals surface area (Å²) in [5.74, 6) is 1.51. The third-order valence-corrected chi connectivity index (χ3v) is 3.48. The lowest BCUT2D eigenvalue weighted by Gasteiger charge is -2.08. The van der Waals surface area contributed by atoms with Crippen LogP contribution in [0.5, 0.6) is 0 Å². The Labute approximate surface area is 84.9 Å². The maximum atomic E-state index is 11.7. The molecule has 1 aliphatic heterocycles. The number of nitrogens with one attached hydrogen (secondary N) is 2. The van der Waals surface area contributed by atoms with Gasteiger partial charge in [0.1, 0.15) is 0 Å². The fourth-order valence-corrected chi connectivity index (χ4v) is 2.12. The van der Waals surface area contributed by atoms with E-state index in [1.165, 1.54) is 0 Å². The Bertz CT molecular complexity index is 282. The van der Waals surface area contributed by atoms with Crippen molar-refractivity contribution >= 4 is 5.91 Å². The van der Waals surface area contributed by atoms with Gasteiger partial charge in [0, 0.05) is 24.7 Å². The minimum Gasteiger partial charge on any atom is -0.349 e. The molecule has 2 N–H and O–H groups in total.